The highest BCUT2D eigenvalue weighted by Crippen LogP contribution is 2.31. The molecular formula is C12H10F4O3. The first-order valence-electron chi connectivity index (χ1n) is 5.31. The van der Waals surface area contributed by atoms with Gasteiger partial charge in [0.25, 0.3) is 0 Å². The predicted molar refractivity (Wildman–Crippen MR) is 56.7 cm³/mol. The van der Waals surface area contributed by atoms with E-state index in [9.17, 15) is 27.2 Å². The number of benzene rings is 1. The molecule has 0 saturated carbocycles. The topological polar surface area (TPSA) is 43.4 Å². The van der Waals surface area contributed by atoms with E-state index in [4.69, 9.17) is 0 Å². The Kier molecular flexibility index (Phi) is 4.63. The number of hydrogen-bond donors (Lipinski definition) is 0. The Balaban J connectivity index is 2.92. The van der Waals surface area contributed by atoms with Crippen molar-refractivity contribution in [2.45, 2.75) is 19.5 Å². The van der Waals surface area contributed by atoms with Crippen molar-refractivity contribution in [1.82, 2.24) is 0 Å². The molecule has 0 aliphatic carbocycles. The van der Waals surface area contributed by atoms with Crippen LogP contribution in [0.5, 0.6) is 0 Å². The molecule has 19 heavy (non-hydrogen) atoms. The van der Waals surface area contributed by atoms with Gasteiger partial charge < -0.3 is 4.74 Å². The second-order valence-electron chi connectivity index (χ2n) is 3.63. The van der Waals surface area contributed by atoms with Crippen LogP contribution in [0.15, 0.2) is 18.2 Å². The zero-order valence-corrected chi connectivity index (χ0v) is 9.88. The molecule has 3 nitrogen and oxygen atoms in total. The standard InChI is InChI=1S/C12H10F4O3/c1-2-19-11(18)10(17)6-7-3-4-9(13)8(5-7)12(14,15)16/h3-5H,2,6H2,1H3. The van der Waals surface area contributed by atoms with Crippen molar-refractivity contribution in [2.75, 3.05) is 6.61 Å². The van der Waals surface area contributed by atoms with Crippen LogP contribution in [0.4, 0.5) is 17.6 Å². The molecule has 0 bridgehead atoms. The van der Waals surface area contributed by atoms with Gasteiger partial charge in [-0.1, -0.05) is 6.07 Å². The van der Waals surface area contributed by atoms with Crippen LogP contribution in [0.2, 0.25) is 0 Å². The van der Waals surface area contributed by atoms with E-state index in [2.05, 4.69) is 4.74 Å². The first-order chi connectivity index (χ1) is 8.75. The van der Waals surface area contributed by atoms with E-state index in [1.165, 1.54) is 6.92 Å². The third kappa shape index (κ3) is 4.04. The first kappa shape index (κ1) is 15.1. The van der Waals surface area contributed by atoms with Crippen molar-refractivity contribution in [1.29, 1.82) is 0 Å². The van der Waals surface area contributed by atoms with Gasteiger partial charge in [0.05, 0.1) is 12.2 Å². The summed E-state index contributed by atoms with van der Waals surface area (Å²) in [5, 5.41) is 0. The number of hydrogen-bond acceptors (Lipinski definition) is 3. The molecule has 0 fully saturated rings. The van der Waals surface area contributed by atoms with Gasteiger partial charge in [0.2, 0.25) is 5.78 Å². The van der Waals surface area contributed by atoms with E-state index in [0.717, 1.165) is 6.07 Å². The number of alkyl halides is 3. The number of ketones is 1. The summed E-state index contributed by atoms with van der Waals surface area (Å²) >= 11 is 0. The maximum atomic E-state index is 13.0. The van der Waals surface area contributed by atoms with Crippen molar-refractivity contribution in [3.63, 3.8) is 0 Å². The van der Waals surface area contributed by atoms with Crippen molar-refractivity contribution >= 4 is 11.8 Å². The molecule has 0 aromatic heterocycles. The number of carbonyl (C=O) groups is 2. The van der Waals surface area contributed by atoms with E-state index in [0.29, 0.717) is 12.1 Å². The van der Waals surface area contributed by atoms with Crippen molar-refractivity contribution in [3.05, 3.63) is 35.1 Å². The summed E-state index contributed by atoms with van der Waals surface area (Å²) in [5.74, 6) is -3.54. The zero-order chi connectivity index (χ0) is 14.6. The van der Waals surface area contributed by atoms with Crippen LogP contribution in [-0.2, 0) is 26.9 Å². The van der Waals surface area contributed by atoms with E-state index in [1.807, 2.05) is 0 Å². The van der Waals surface area contributed by atoms with Gasteiger partial charge in [-0.25, -0.2) is 9.18 Å². The predicted octanol–water partition coefficient (Wildman–Crippen LogP) is 2.52. The Morgan fingerprint density at radius 3 is 2.42 bits per heavy atom. The maximum absolute atomic E-state index is 13.0. The SMILES string of the molecule is CCOC(=O)C(=O)Cc1ccc(F)c(C(F)(F)F)c1. The van der Waals surface area contributed by atoms with Gasteiger partial charge in [-0.2, -0.15) is 13.2 Å². The van der Waals surface area contributed by atoms with Gasteiger partial charge in [-0.3, -0.25) is 4.79 Å². The largest absolute Gasteiger partial charge is 0.460 e. The fourth-order valence-electron chi connectivity index (χ4n) is 1.37. The fraction of sp³-hybridized carbons (Fsp3) is 0.333. The lowest BCUT2D eigenvalue weighted by Crippen LogP contribution is -2.20. The highest BCUT2D eigenvalue weighted by Gasteiger charge is 2.34. The molecule has 0 atom stereocenters. The summed E-state index contributed by atoms with van der Waals surface area (Å²) in [6, 6.07) is 2.13. The monoisotopic (exact) mass is 278 g/mol. The Morgan fingerprint density at radius 1 is 1.26 bits per heavy atom. The molecule has 1 rings (SSSR count). The fourth-order valence-corrected chi connectivity index (χ4v) is 1.37. The van der Waals surface area contributed by atoms with E-state index >= 15 is 0 Å². The molecular weight excluding hydrogens is 268 g/mol. The van der Waals surface area contributed by atoms with Crippen LogP contribution >= 0.6 is 0 Å². The van der Waals surface area contributed by atoms with Crippen molar-refractivity contribution < 1.29 is 31.9 Å². The third-order valence-corrected chi connectivity index (χ3v) is 2.20. The number of halogens is 4. The Labute approximate surface area is 106 Å². The van der Waals surface area contributed by atoms with E-state index in [-0.39, 0.29) is 12.2 Å². The zero-order valence-electron chi connectivity index (χ0n) is 9.88. The van der Waals surface area contributed by atoms with Gasteiger partial charge in [0, 0.05) is 6.42 Å². The average molecular weight is 278 g/mol. The summed E-state index contributed by atoms with van der Waals surface area (Å²) in [6.07, 6.45) is -5.42. The Bertz CT molecular complexity index is 494. The minimum atomic E-state index is -4.85. The second-order valence-corrected chi connectivity index (χ2v) is 3.63. The molecule has 0 spiro atoms. The summed E-state index contributed by atoms with van der Waals surface area (Å²) in [4.78, 5) is 22.3. The van der Waals surface area contributed by atoms with Gasteiger partial charge in [-0.15, -0.1) is 0 Å². The van der Waals surface area contributed by atoms with Gasteiger partial charge in [0.1, 0.15) is 5.82 Å². The molecule has 104 valence electrons. The number of ether oxygens (including phenoxy) is 1. The van der Waals surface area contributed by atoms with Crippen LogP contribution in [0.1, 0.15) is 18.1 Å². The van der Waals surface area contributed by atoms with E-state index < -0.39 is 35.7 Å². The Hall–Kier alpha value is -1.92. The van der Waals surface area contributed by atoms with Gasteiger partial charge in [0.15, 0.2) is 0 Å². The molecule has 0 amide bonds. The number of rotatable bonds is 4. The van der Waals surface area contributed by atoms with Crippen LogP contribution in [0, 0.1) is 5.82 Å². The van der Waals surface area contributed by atoms with Crippen LogP contribution < -0.4 is 0 Å². The first-order valence-corrected chi connectivity index (χ1v) is 5.31. The number of esters is 1. The lowest BCUT2D eigenvalue weighted by atomic mass is 10.0. The molecule has 1 aromatic carbocycles. The molecule has 0 aliphatic rings. The van der Waals surface area contributed by atoms with Crippen molar-refractivity contribution in [3.8, 4) is 0 Å². The molecule has 0 N–H and O–H groups in total. The van der Waals surface area contributed by atoms with E-state index in [1.54, 1.807) is 0 Å². The van der Waals surface area contributed by atoms with Crippen LogP contribution in [0.25, 0.3) is 0 Å². The number of Topliss-reactive ketones (excluding diaryl/α,β-unsaturated/α-hetero) is 1. The average Bonchev–Trinajstić information content (AvgIpc) is 2.30. The van der Waals surface area contributed by atoms with Gasteiger partial charge in [-0.05, 0) is 24.6 Å². The summed E-state index contributed by atoms with van der Waals surface area (Å²) in [6.45, 7) is 1.48. The lowest BCUT2D eigenvalue weighted by Gasteiger charge is -2.09. The van der Waals surface area contributed by atoms with Gasteiger partial charge >= 0.3 is 12.1 Å². The summed E-state index contributed by atoms with van der Waals surface area (Å²) < 4.78 is 54.7. The van der Waals surface area contributed by atoms with Crippen molar-refractivity contribution in [2.24, 2.45) is 0 Å². The summed E-state index contributed by atoms with van der Waals surface area (Å²) in [5.41, 5.74) is -1.58. The highest BCUT2D eigenvalue weighted by molar-refractivity contribution is 6.34. The minimum absolute atomic E-state index is 0.0121. The van der Waals surface area contributed by atoms with Crippen LogP contribution in [-0.4, -0.2) is 18.4 Å². The Morgan fingerprint density at radius 2 is 1.89 bits per heavy atom. The lowest BCUT2D eigenvalue weighted by molar-refractivity contribution is -0.153. The maximum Gasteiger partial charge on any atom is 0.419 e. The normalized spacial score (nSPS) is 11.2. The second kappa shape index (κ2) is 5.81. The quantitative estimate of drug-likeness (QED) is 0.483. The molecule has 1 aromatic rings. The highest BCUT2D eigenvalue weighted by atomic mass is 19.4. The third-order valence-electron chi connectivity index (χ3n) is 2.20. The molecule has 0 heterocycles. The molecule has 0 radical (unpaired) electrons. The minimum Gasteiger partial charge on any atom is -0.460 e. The smallest absolute Gasteiger partial charge is 0.419 e. The molecule has 0 unspecified atom stereocenters. The summed E-state index contributed by atoms with van der Waals surface area (Å²) in [7, 11) is 0. The number of carbonyl (C=O) groups excluding carboxylic acids is 2. The molecule has 7 heteroatoms. The van der Waals surface area contributed by atoms with Crippen LogP contribution in [0.3, 0.4) is 0 Å². The molecule has 0 aliphatic heterocycles. The molecule has 0 saturated heterocycles.